The van der Waals surface area contributed by atoms with Gasteiger partial charge in [-0.05, 0) is 62.2 Å². The number of thiophene rings is 1. The Kier molecular flexibility index (Phi) is 8.96. The highest BCUT2D eigenvalue weighted by Gasteiger charge is 2.29. The number of benzene rings is 2. The third-order valence-corrected chi connectivity index (χ3v) is 8.92. The van der Waals surface area contributed by atoms with E-state index in [1.807, 2.05) is 35.3 Å². The number of carbonyl (C=O) groups excluding carboxylic acids is 1. The largest absolute Gasteiger partial charge is 0.378 e. The summed E-state index contributed by atoms with van der Waals surface area (Å²) in [5, 5.41) is 11.4. The van der Waals surface area contributed by atoms with Gasteiger partial charge in [0.25, 0.3) is 5.91 Å². The number of hydrazine groups is 1. The summed E-state index contributed by atoms with van der Waals surface area (Å²) >= 11 is 14.5. The van der Waals surface area contributed by atoms with E-state index in [-0.39, 0.29) is 11.9 Å². The molecule has 2 saturated heterocycles. The van der Waals surface area contributed by atoms with Crippen molar-refractivity contribution in [1.82, 2.24) is 25.5 Å². The van der Waals surface area contributed by atoms with E-state index in [0.717, 1.165) is 52.5 Å². The first-order valence-electron chi connectivity index (χ1n) is 14.1. The number of carbonyl (C=O) groups is 1. The summed E-state index contributed by atoms with van der Waals surface area (Å²) in [6.45, 7) is 5.43. The second-order valence-electron chi connectivity index (χ2n) is 10.6. The van der Waals surface area contributed by atoms with Gasteiger partial charge in [0.2, 0.25) is 0 Å². The Morgan fingerprint density at radius 1 is 1.05 bits per heavy atom. The lowest BCUT2D eigenvalue weighted by atomic mass is 10.1. The number of piperidine rings is 1. The predicted octanol–water partition coefficient (Wildman–Crippen LogP) is 6.23. The molecule has 2 aliphatic rings. The molecule has 6 rings (SSSR count). The zero-order chi connectivity index (χ0) is 29.1. The average Bonchev–Trinajstić information content (AvgIpc) is 3.57. The third kappa shape index (κ3) is 6.57. The minimum absolute atomic E-state index is 0.220. The van der Waals surface area contributed by atoms with Crippen molar-refractivity contribution >= 4 is 40.4 Å². The molecule has 0 saturated carbocycles. The van der Waals surface area contributed by atoms with Crippen LogP contribution in [0.3, 0.4) is 0 Å². The second kappa shape index (κ2) is 13.0. The Labute approximate surface area is 259 Å². The first kappa shape index (κ1) is 28.9. The molecule has 2 aliphatic heterocycles. The quantitative estimate of drug-likeness (QED) is 0.240. The third-order valence-electron chi connectivity index (χ3n) is 7.38. The molecule has 42 heavy (non-hydrogen) atoms. The molecular weight excluding hydrogens is 589 g/mol. The maximum Gasteiger partial charge on any atom is 0.286 e. The van der Waals surface area contributed by atoms with Crippen molar-refractivity contribution in [2.45, 2.75) is 38.8 Å². The fourth-order valence-electron chi connectivity index (χ4n) is 4.99. The topological polar surface area (TPSA) is 71.4 Å². The molecule has 0 bridgehead atoms. The molecule has 0 aliphatic carbocycles. The molecule has 1 amide bonds. The van der Waals surface area contributed by atoms with Crippen LogP contribution in [0.15, 0.2) is 54.6 Å². The Morgan fingerprint density at radius 3 is 2.55 bits per heavy atom. The lowest BCUT2D eigenvalue weighted by molar-refractivity contribution is -0.00579. The fourth-order valence-corrected chi connectivity index (χ4v) is 6.39. The van der Waals surface area contributed by atoms with Crippen molar-refractivity contribution in [1.29, 1.82) is 0 Å². The minimum Gasteiger partial charge on any atom is -0.378 e. The highest BCUT2D eigenvalue weighted by Crippen LogP contribution is 2.36. The Balaban J connectivity index is 1.43. The van der Waals surface area contributed by atoms with E-state index in [0.29, 0.717) is 41.2 Å². The maximum absolute atomic E-state index is 13.8. The van der Waals surface area contributed by atoms with Gasteiger partial charge < -0.3 is 10.1 Å². The van der Waals surface area contributed by atoms with Crippen molar-refractivity contribution in [2.24, 2.45) is 0 Å². The average molecular weight is 621 g/mol. The molecule has 0 atom stereocenters. The van der Waals surface area contributed by atoms with Gasteiger partial charge in [-0.25, -0.2) is 9.69 Å². The van der Waals surface area contributed by atoms with Gasteiger partial charge in [0.15, 0.2) is 5.69 Å². The molecular formula is C32H31Cl2N5O2S. The van der Waals surface area contributed by atoms with Crippen LogP contribution in [0.25, 0.3) is 16.3 Å². The Morgan fingerprint density at radius 2 is 1.83 bits per heavy atom. The van der Waals surface area contributed by atoms with Gasteiger partial charge in [-0.1, -0.05) is 59.2 Å². The van der Waals surface area contributed by atoms with Crippen molar-refractivity contribution < 1.29 is 9.53 Å². The van der Waals surface area contributed by atoms with Gasteiger partial charge in [-0.15, -0.1) is 11.3 Å². The molecule has 10 heteroatoms. The fraction of sp³-hybridized carbons (Fsp3) is 0.312. The molecule has 2 aromatic heterocycles. The highest BCUT2D eigenvalue weighted by molar-refractivity contribution is 7.16. The summed E-state index contributed by atoms with van der Waals surface area (Å²) in [6.07, 6.45) is 3.28. The van der Waals surface area contributed by atoms with Crippen LogP contribution >= 0.6 is 34.5 Å². The van der Waals surface area contributed by atoms with Crippen LogP contribution in [0.1, 0.15) is 51.3 Å². The van der Waals surface area contributed by atoms with E-state index in [1.165, 1.54) is 12.0 Å². The zero-order valence-electron chi connectivity index (χ0n) is 23.3. The monoisotopic (exact) mass is 619 g/mol. The van der Waals surface area contributed by atoms with Gasteiger partial charge >= 0.3 is 0 Å². The molecule has 7 nitrogen and oxygen atoms in total. The van der Waals surface area contributed by atoms with Crippen LogP contribution in [0, 0.1) is 18.8 Å². The smallest absolute Gasteiger partial charge is 0.286 e. The molecule has 2 N–H and O–H groups in total. The van der Waals surface area contributed by atoms with E-state index >= 15 is 0 Å². The van der Waals surface area contributed by atoms with E-state index in [4.69, 9.17) is 33.0 Å². The summed E-state index contributed by atoms with van der Waals surface area (Å²) < 4.78 is 7.14. The first-order valence-corrected chi connectivity index (χ1v) is 15.6. The molecule has 0 unspecified atom stereocenters. The van der Waals surface area contributed by atoms with Crippen LogP contribution < -0.4 is 10.7 Å². The highest BCUT2D eigenvalue weighted by atomic mass is 35.5. The second-order valence-corrected chi connectivity index (χ2v) is 12.5. The normalized spacial score (nSPS) is 15.6. The van der Waals surface area contributed by atoms with E-state index in [1.54, 1.807) is 28.2 Å². The van der Waals surface area contributed by atoms with Gasteiger partial charge in [0.1, 0.15) is 0 Å². The van der Waals surface area contributed by atoms with Gasteiger partial charge in [-0.2, -0.15) is 5.10 Å². The van der Waals surface area contributed by atoms with Crippen molar-refractivity contribution in [3.8, 4) is 28.1 Å². The van der Waals surface area contributed by atoms with Crippen LogP contribution in [-0.4, -0.2) is 53.0 Å². The van der Waals surface area contributed by atoms with Crippen molar-refractivity contribution in [3.63, 3.8) is 0 Å². The molecule has 4 aromatic rings. The number of nitrogens with zero attached hydrogens (tertiary/aromatic N) is 3. The Bertz CT molecular complexity index is 1640. The zero-order valence-corrected chi connectivity index (χ0v) is 25.6. The number of hydrogen-bond acceptors (Lipinski definition) is 6. The molecule has 2 aromatic carbocycles. The number of amides is 1. The van der Waals surface area contributed by atoms with Crippen molar-refractivity contribution in [2.75, 3.05) is 26.3 Å². The number of hydrogen-bond donors (Lipinski definition) is 2. The molecule has 0 spiro atoms. The first-order chi connectivity index (χ1) is 20.4. The molecule has 0 radical (unpaired) electrons. The molecule has 216 valence electrons. The lowest BCUT2D eigenvalue weighted by Crippen LogP contribution is -2.46. The van der Waals surface area contributed by atoms with Gasteiger partial charge in [0, 0.05) is 35.8 Å². The van der Waals surface area contributed by atoms with E-state index in [2.05, 4.69) is 41.6 Å². The number of rotatable bonds is 7. The Hall–Kier alpha value is -3.16. The maximum atomic E-state index is 13.8. The SMILES string of the molecule is Cc1ccc(C#Cc2ccc(-c3c(CNC4COC4)c(C(=O)NN4CCCCC4)nn3-c3ccc(Cl)cc3Cl)s2)cc1. The summed E-state index contributed by atoms with van der Waals surface area (Å²) in [7, 11) is 0. The van der Waals surface area contributed by atoms with E-state index < -0.39 is 0 Å². The van der Waals surface area contributed by atoms with Gasteiger partial charge in [-0.3, -0.25) is 10.2 Å². The predicted molar refractivity (Wildman–Crippen MR) is 168 cm³/mol. The number of aromatic nitrogens is 2. The number of nitrogens with one attached hydrogen (secondary N) is 2. The lowest BCUT2D eigenvalue weighted by Gasteiger charge is -2.28. The van der Waals surface area contributed by atoms with Crippen LogP contribution in [0.4, 0.5) is 0 Å². The van der Waals surface area contributed by atoms with Crippen LogP contribution in [-0.2, 0) is 11.3 Å². The number of ether oxygens (including phenoxy) is 1. The number of aryl methyl sites for hydroxylation is 1. The standard InChI is InChI=1S/C32H31Cl2N5O2S/c1-21-5-7-22(8-6-21)9-11-25-12-14-29(42-25)31-26(18-35-24-19-41-20-24)30(32(40)37-38-15-3-2-4-16-38)36-39(31)28-13-10-23(33)17-27(28)34/h5-8,10,12-14,17,24,35H,2-4,15-16,18-20H2,1H3,(H,37,40). The minimum atomic E-state index is -0.236. The summed E-state index contributed by atoms with van der Waals surface area (Å²) in [5.74, 6) is 6.32. The van der Waals surface area contributed by atoms with Crippen molar-refractivity contribution in [3.05, 3.63) is 91.9 Å². The number of halogens is 2. The van der Waals surface area contributed by atoms with E-state index in [9.17, 15) is 4.79 Å². The molecule has 4 heterocycles. The van der Waals surface area contributed by atoms with Crippen LogP contribution in [0.5, 0.6) is 0 Å². The van der Waals surface area contributed by atoms with Gasteiger partial charge in [0.05, 0.1) is 45.4 Å². The summed E-state index contributed by atoms with van der Waals surface area (Å²) in [6, 6.07) is 17.7. The van der Waals surface area contributed by atoms with Crippen LogP contribution in [0.2, 0.25) is 10.0 Å². The summed E-state index contributed by atoms with van der Waals surface area (Å²) in [4.78, 5) is 15.6. The summed E-state index contributed by atoms with van der Waals surface area (Å²) in [5.41, 5.74) is 7.84. The molecule has 2 fully saturated rings.